The molecule has 0 bridgehead atoms. The van der Waals surface area contributed by atoms with Crippen LogP contribution < -0.4 is 0 Å². The van der Waals surface area contributed by atoms with E-state index in [0.29, 0.717) is 18.2 Å². The first-order valence-corrected chi connectivity index (χ1v) is 8.28. The van der Waals surface area contributed by atoms with Crippen molar-refractivity contribution in [2.45, 2.75) is 38.1 Å². The van der Waals surface area contributed by atoms with E-state index in [1.165, 1.54) is 12.4 Å². The quantitative estimate of drug-likeness (QED) is 0.792. The van der Waals surface area contributed by atoms with Gasteiger partial charge in [0.25, 0.3) is 0 Å². The number of aliphatic hydroxyl groups excluding tert-OH is 1. The fraction of sp³-hybridized carbons (Fsp3) is 0.529. The number of hydrogen-bond acceptors (Lipinski definition) is 5. The fourth-order valence-corrected chi connectivity index (χ4v) is 3.13. The lowest BCUT2D eigenvalue weighted by atomic mass is 10.2. The highest BCUT2D eigenvalue weighted by Crippen LogP contribution is 2.19. The summed E-state index contributed by atoms with van der Waals surface area (Å²) in [5, 5.41) is 14.3. The average molecular weight is 334 g/mol. The third-order valence-corrected chi connectivity index (χ3v) is 4.33. The zero-order chi connectivity index (χ0) is 16.8. The van der Waals surface area contributed by atoms with Crippen LogP contribution in [0, 0.1) is 5.82 Å². The van der Waals surface area contributed by atoms with Crippen molar-refractivity contribution in [2.24, 2.45) is 0 Å². The zero-order valence-corrected chi connectivity index (χ0v) is 13.6. The van der Waals surface area contributed by atoms with Crippen molar-refractivity contribution >= 4 is 0 Å². The van der Waals surface area contributed by atoms with E-state index in [4.69, 9.17) is 4.74 Å². The van der Waals surface area contributed by atoms with Crippen molar-refractivity contribution in [3.63, 3.8) is 0 Å². The summed E-state index contributed by atoms with van der Waals surface area (Å²) in [4.78, 5) is 6.22. The molecule has 2 aromatic rings. The van der Waals surface area contributed by atoms with Gasteiger partial charge in [0.2, 0.25) is 0 Å². The number of likely N-dealkylation sites (tertiary alicyclic amines) is 1. The number of β-amino-alcohol motifs (C(OH)–C–C–N with tert-alkyl or cyclic N) is 1. The Morgan fingerprint density at radius 3 is 3.04 bits per heavy atom. The van der Waals surface area contributed by atoms with Crippen LogP contribution in [0.1, 0.15) is 18.4 Å². The molecule has 3 rings (SSSR count). The molecule has 24 heavy (non-hydrogen) atoms. The highest BCUT2D eigenvalue weighted by Gasteiger charge is 2.26. The summed E-state index contributed by atoms with van der Waals surface area (Å²) in [6, 6.07) is 6.88. The molecule has 1 aliphatic heterocycles. The predicted molar refractivity (Wildman–Crippen MR) is 86.7 cm³/mol. The zero-order valence-electron chi connectivity index (χ0n) is 13.6. The predicted octanol–water partition coefficient (Wildman–Crippen LogP) is 1.46. The molecule has 7 heteroatoms. The Balaban J connectivity index is 1.42. The first-order valence-electron chi connectivity index (χ1n) is 8.28. The van der Waals surface area contributed by atoms with E-state index < -0.39 is 6.10 Å². The smallest absolute Gasteiger partial charge is 0.137 e. The van der Waals surface area contributed by atoms with Gasteiger partial charge >= 0.3 is 0 Å². The summed E-state index contributed by atoms with van der Waals surface area (Å²) in [5.41, 5.74) is 0.509. The van der Waals surface area contributed by atoms with Crippen molar-refractivity contribution in [3.05, 3.63) is 48.3 Å². The van der Waals surface area contributed by atoms with Crippen LogP contribution in [0.4, 0.5) is 4.39 Å². The van der Waals surface area contributed by atoms with Gasteiger partial charge in [0.1, 0.15) is 18.5 Å². The summed E-state index contributed by atoms with van der Waals surface area (Å²) in [6.45, 7) is 2.66. The molecule has 0 amide bonds. The van der Waals surface area contributed by atoms with Gasteiger partial charge in [-0.15, -0.1) is 0 Å². The molecule has 0 saturated carbocycles. The second kappa shape index (κ2) is 8.32. The second-order valence-electron chi connectivity index (χ2n) is 6.17. The minimum Gasteiger partial charge on any atom is -0.389 e. The number of halogens is 1. The molecular formula is C17H23FN4O2. The normalized spacial score (nSPS) is 19.7. The number of hydrogen-bond donors (Lipinski definition) is 1. The largest absolute Gasteiger partial charge is 0.389 e. The summed E-state index contributed by atoms with van der Waals surface area (Å²) >= 11 is 0. The van der Waals surface area contributed by atoms with E-state index in [2.05, 4.69) is 15.0 Å². The van der Waals surface area contributed by atoms with E-state index in [0.717, 1.165) is 25.9 Å². The number of aromatic nitrogens is 3. The Labute approximate surface area is 140 Å². The molecule has 1 saturated heterocycles. The summed E-state index contributed by atoms with van der Waals surface area (Å²) in [5.74, 6) is -0.278. The molecule has 1 aromatic heterocycles. The molecule has 0 radical (unpaired) electrons. The van der Waals surface area contributed by atoms with Crippen molar-refractivity contribution in [1.82, 2.24) is 19.7 Å². The SMILES string of the molecule is O[C@H](COCc1ccccc1F)CN1CCC[C@@H]1Cn1cncn1. The number of nitrogens with zero attached hydrogens (tertiary/aromatic N) is 4. The maximum atomic E-state index is 13.5. The monoisotopic (exact) mass is 334 g/mol. The molecular weight excluding hydrogens is 311 g/mol. The molecule has 1 N–H and O–H groups in total. The van der Waals surface area contributed by atoms with E-state index in [1.54, 1.807) is 24.5 Å². The number of ether oxygens (including phenoxy) is 1. The van der Waals surface area contributed by atoms with Crippen LogP contribution in [0.25, 0.3) is 0 Å². The molecule has 0 unspecified atom stereocenters. The Bertz CT molecular complexity index is 623. The first kappa shape index (κ1) is 17.0. The number of aliphatic hydroxyl groups is 1. The van der Waals surface area contributed by atoms with Gasteiger partial charge in [-0.3, -0.25) is 9.58 Å². The summed E-state index contributed by atoms with van der Waals surface area (Å²) < 4.78 is 20.8. The average Bonchev–Trinajstić information content (AvgIpc) is 3.22. The van der Waals surface area contributed by atoms with Gasteiger partial charge in [-0.05, 0) is 25.5 Å². The van der Waals surface area contributed by atoms with Gasteiger partial charge < -0.3 is 9.84 Å². The standard InChI is InChI=1S/C17H23FN4O2/c18-17-6-2-1-4-14(17)10-24-11-16(23)9-21-7-3-5-15(21)8-22-13-19-12-20-22/h1-2,4,6,12-13,15-16,23H,3,5,7-11H2/t15-,16+/m1/s1. The molecule has 2 heterocycles. The minimum atomic E-state index is -0.590. The van der Waals surface area contributed by atoms with Crippen LogP contribution in [-0.2, 0) is 17.9 Å². The van der Waals surface area contributed by atoms with Crippen molar-refractivity contribution < 1.29 is 14.2 Å². The number of benzene rings is 1. The lowest BCUT2D eigenvalue weighted by molar-refractivity contribution is 0.00594. The maximum Gasteiger partial charge on any atom is 0.137 e. The molecule has 6 nitrogen and oxygen atoms in total. The highest BCUT2D eigenvalue weighted by atomic mass is 19.1. The lowest BCUT2D eigenvalue weighted by Crippen LogP contribution is -2.40. The van der Waals surface area contributed by atoms with Gasteiger partial charge in [0, 0.05) is 18.2 Å². The van der Waals surface area contributed by atoms with Crippen molar-refractivity contribution in [2.75, 3.05) is 19.7 Å². The van der Waals surface area contributed by atoms with Gasteiger partial charge in [-0.1, -0.05) is 18.2 Å². The van der Waals surface area contributed by atoms with Gasteiger partial charge in [0.05, 0.1) is 25.9 Å². The van der Waals surface area contributed by atoms with Crippen LogP contribution in [0.3, 0.4) is 0 Å². The molecule has 130 valence electrons. The van der Waals surface area contributed by atoms with Crippen LogP contribution in [-0.4, -0.2) is 56.6 Å². The molecule has 0 aliphatic carbocycles. The number of rotatable bonds is 8. The van der Waals surface area contributed by atoms with E-state index >= 15 is 0 Å². The maximum absolute atomic E-state index is 13.5. The Hall–Kier alpha value is -1.83. The van der Waals surface area contributed by atoms with Gasteiger partial charge in [-0.25, -0.2) is 9.37 Å². The van der Waals surface area contributed by atoms with Gasteiger partial charge in [-0.2, -0.15) is 5.10 Å². The fourth-order valence-electron chi connectivity index (χ4n) is 3.13. The van der Waals surface area contributed by atoms with E-state index in [1.807, 2.05) is 4.68 Å². The van der Waals surface area contributed by atoms with Crippen LogP contribution in [0.15, 0.2) is 36.9 Å². The molecule has 1 aromatic carbocycles. The van der Waals surface area contributed by atoms with E-state index in [9.17, 15) is 9.50 Å². The van der Waals surface area contributed by atoms with Crippen LogP contribution >= 0.6 is 0 Å². The Morgan fingerprint density at radius 1 is 1.38 bits per heavy atom. The molecule has 0 spiro atoms. The van der Waals surface area contributed by atoms with Crippen LogP contribution in [0.2, 0.25) is 0 Å². The lowest BCUT2D eigenvalue weighted by Gasteiger charge is -2.26. The Morgan fingerprint density at radius 2 is 2.25 bits per heavy atom. The molecule has 1 aliphatic rings. The third-order valence-electron chi connectivity index (χ3n) is 4.33. The summed E-state index contributed by atoms with van der Waals surface area (Å²) in [6.07, 6.45) is 4.85. The third kappa shape index (κ3) is 4.59. The first-order chi connectivity index (χ1) is 11.7. The topological polar surface area (TPSA) is 63.4 Å². The Kier molecular flexibility index (Phi) is 5.90. The summed E-state index contributed by atoms with van der Waals surface area (Å²) in [7, 11) is 0. The van der Waals surface area contributed by atoms with E-state index in [-0.39, 0.29) is 19.0 Å². The molecule has 2 atom stereocenters. The molecule has 1 fully saturated rings. The highest BCUT2D eigenvalue weighted by molar-refractivity contribution is 5.16. The van der Waals surface area contributed by atoms with Crippen molar-refractivity contribution in [1.29, 1.82) is 0 Å². The second-order valence-corrected chi connectivity index (χ2v) is 6.17. The minimum absolute atomic E-state index is 0.173. The van der Waals surface area contributed by atoms with Crippen LogP contribution in [0.5, 0.6) is 0 Å². The van der Waals surface area contributed by atoms with Crippen molar-refractivity contribution in [3.8, 4) is 0 Å². The van der Waals surface area contributed by atoms with Gasteiger partial charge in [0.15, 0.2) is 0 Å².